The Labute approximate surface area is 90.5 Å². The Morgan fingerprint density at radius 1 is 1.13 bits per heavy atom. The molecule has 0 amide bonds. The third-order valence-corrected chi connectivity index (χ3v) is 1.97. The van der Waals surface area contributed by atoms with Crippen LogP contribution < -0.4 is 4.90 Å². The van der Waals surface area contributed by atoms with Gasteiger partial charge in [-0.15, -0.1) is 0 Å². The number of hydrogen-bond donors (Lipinski definition) is 0. The first-order valence-electron chi connectivity index (χ1n) is 4.72. The van der Waals surface area contributed by atoms with Crippen LogP contribution in [0.25, 0.3) is 6.08 Å². The molecule has 2 heteroatoms. The lowest BCUT2D eigenvalue weighted by Crippen LogP contribution is -2.07. The zero-order chi connectivity index (χ0) is 11.1. The van der Waals surface area contributed by atoms with E-state index in [9.17, 15) is 4.79 Å². The maximum absolute atomic E-state index is 9.88. The lowest BCUT2D eigenvalue weighted by atomic mass is 10.2. The van der Waals surface area contributed by atoms with Crippen LogP contribution in [-0.4, -0.2) is 20.4 Å². The van der Waals surface area contributed by atoms with Gasteiger partial charge in [0, 0.05) is 19.8 Å². The molecule has 0 saturated heterocycles. The number of nitrogens with zero attached hydrogens (tertiary/aromatic N) is 1. The molecule has 0 spiro atoms. The van der Waals surface area contributed by atoms with Crippen molar-refractivity contribution in [2.24, 2.45) is 0 Å². The van der Waals surface area contributed by atoms with E-state index in [4.69, 9.17) is 0 Å². The van der Waals surface area contributed by atoms with E-state index in [0.717, 1.165) is 5.56 Å². The monoisotopic (exact) mass is 200 g/mol. The number of rotatable bonds is 4. The molecule has 1 radical (unpaired) electrons. The molecule has 0 fully saturated rings. The highest BCUT2D eigenvalue weighted by Crippen LogP contribution is 2.12. The van der Waals surface area contributed by atoms with Crippen LogP contribution in [-0.2, 0) is 4.79 Å². The molecule has 0 aliphatic carbocycles. The first-order valence-corrected chi connectivity index (χ1v) is 4.72. The van der Waals surface area contributed by atoms with Gasteiger partial charge < -0.3 is 4.90 Å². The Morgan fingerprint density at radius 2 is 1.80 bits per heavy atom. The fourth-order valence-electron chi connectivity index (χ4n) is 1.15. The molecule has 15 heavy (non-hydrogen) atoms. The van der Waals surface area contributed by atoms with E-state index in [0.29, 0.717) is 0 Å². The van der Waals surface area contributed by atoms with Crippen LogP contribution in [0.2, 0.25) is 0 Å². The van der Waals surface area contributed by atoms with E-state index < -0.39 is 0 Å². The average Bonchev–Trinajstić information content (AvgIpc) is 2.25. The van der Waals surface area contributed by atoms with Crippen molar-refractivity contribution >= 4 is 18.0 Å². The fraction of sp³-hybridized carbons (Fsp3) is 0.154. The number of anilines is 1. The molecule has 1 aromatic rings. The second-order valence-electron chi connectivity index (χ2n) is 3.32. The van der Waals surface area contributed by atoms with Crippen molar-refractivity contribution in [3.63, 3.8) is 0 Å². The number of allylic oxidation sites excluding steroid dienone is 3. The first-order chi connectivity index (χ1) is 7.24. The van der Waals surface area contributed by atoms with Gasteiger partial charge in [-0.3, -0.25) is 4.79 Å². The van der Waals surface area contributed by atoms with Crippen molar-refractivity contribution in [2.45, 2.75) is 0 Å². The van der Waals surface area contributed by atoms with Gasteiger partial charge >= 0.3 is 0 Å². The van der Waals surface area contributed by atoms with E-state index in [1.807, 2.05) is 38.4 Å². The predicted molar refractivity (Wildman–Crippen MR) is 64.6 cm³/mol. The van der Waals surface area contributed by atoms with E-state index >= 15 is 0 Å². The number of benzene rings is 1. The van der Waals surface area contributed by atoms with Crippen LogP contribution in [0.5, 0.6) is 0 Å². The van der Waals surface area contributed by atoms with Crippen molar-refractivity contribution in [3.8, 4) is 0 Å². The molecule has 0 aliphatic rings. The molecular weight excluding hydrogens is 186 g/mol. The molecule has 0 aliphatic heterocycles. The summed E-state index contributed by atoms with van der Waals surface area (Å²) in [6, 6.07) is 8.17. The summed E-state index contributed by atoms with van der Waals surface area (Å²) in [6.07, 6.45) is 8.44. The number of hydrogen-bond acceptors (Lipinski definition) is 2. The molecule has 0 bridgehead atoms. The van der Waals surface area contributed by atoms with Crippen molar-refractivity contribution in [1.29, 1.82) is 0 Å². The molecule has 2 nitrogen and oxygen atoms in total. The summed E-state index contributed by atoms with van der Waals surface area (Å²) >= 11 is 0. The molecule has 0 aromatic heterocycles. The molecule has 0 atom stereocenters. The van der Waals surface area contributed by atoms with Gasteiger partial charge in [-0.2, -0.15) is 0 Å². The van der Waals surface area contributed by atoms with Gasteiger partial charge in [0.2, 0.25) is 6.29 Å². The topological polar surface area (TPSA) is 20.3 Å². The Balaban J connectivity index is 2.68. The van der Waals surface area contributed by atoms with E-state index in [-0.39, 0.29) is 0 Å². The van der Waals surface area contributed by atoms with Gasteiger partial charge in [0.25, 0.3) is 0 Å². The Morgan fingerprint density at radius 3 is 2.33 bits per heavy atom. The Bertz CT molecular complexity index is 361. The highest BCUT2D eigenvalue weighted by Gasteiger charge is 1.92. The maximum Gasteiger partial charge on any atom is 0.225 e. The normalized spacial score (nSPS) is 11.1. The number of carbonyl (C=O) groups excluding carboxylic acids is 1. The molecule has 1 aromatic carbocycles. The van der Waals surface area contributed by atoms with Crippen LogP contribution in [0.15, 0.2) is 42.5 Å². The Kier molecular flexibility index (Phi) is 4.35. The van der Waals surface area contributed by atoms with Crippen LogP contribution in [0.1, 0.15) is 5.56 Å². The minimum absolute atomic E-state index is 1.11. The minimum atomic E-state index is 1.11. The second kappa shape index (κ2) is 5.81. The lowest BCUT2D eigenvalue weighted by Gasteiger charge is -2.11. The van der Waals surface area contributed by atoms with Gasteiger partial charge in [-0.1, -0.05) is 30.4 Å². The lowest BCUT2D eigenvalue weighted by molar-refractivity contribution is 0.564. The van der Waals surface area contributed by atoms with Crippen LogP contribution >= 0.6 is 0 Å². The predicted octanol–water partition coefficient (Wildman–Crippen LogP) is 2.43. The molecule has 1 rings (SSSR count). The fourth-order valence-corrected chi connectivity index (χ4v) is 1.15. The summed E-state index contributed by atoms with van der Waals surface area (Å²) in [5, 5.41) is 0. The zero-order valence-corrected chi connectivity index (χ0v) is 8.97. The van der Waals surface area contributed by atoms with Crippen molar-refractivity contribution in [2.75, 3.05) is 19.0 Å². The zero-order valence-electron chi connectivity index (χ0n) is 8.97. The van der Waals surface area contributed by atoms with E-state index in [1.54, 1.807) is 12.4 Å². The third kappa shape index (κ3) is 3.81. The summed E-state index contributed by atoms with van der Waals surface area (Å²) in [5.41, 5.74) is 2.28. The largest absolute Gasteiger partial charge is 0.378 e. The van der Waals surface area contributed by atoms with E-state index in [1.165, 1.54) is 11.8 Å². The SMILES string of the molecule is CN(C)c1ccc(/C=C/C=C/[C]=O)cc1. The molecule has 0 unspecified atom stereocenters. The molecule has 77 valence electrons. The first kappa shape index (κ1) is 11.2. The average molecular weight is 200 g/mol. The van der Waals surface area contributed by atoms with Gasteiger partial charge in [0.05, 0.1) is 0 Å². The van der Waals surface area contributed by atoms with Crippen LogP contribution in [0, 0.1) is 0 Å². The highest BCUT2D eigenvalue weighted by atomic mass is 16.1. The Hall–Kier alpha value is -1.83. The second-order valence-corrected chi connectivity index (χ2v) is 3.32. The maximum atomic E-state index is 9.88. The van der Waals surface area contributed by atoms with Crippen LogP contribution in [0.3, 0.4) is 0 Å². The summed E-state index contributed by atoms with van der Waals surface area (Å²) in [7, 11) is 4.01. The van der Waals surface area contributed by atoms with Gasteiger partial charge in [0.15, 0.2) is 0 Å². The van der Waals surface area contributed by atoms with Crippen molar-refractivity contribution < 1.29 is 4.79 Å². The van der Waals surface area contributed by atoms with Crippen LogP contribution in [0.4, 0.5) is 5.69 Å². The smallest absolute Gasteiger partial charge is 0.225 e. The quantitative estimate of drug-likeness (QED) is 0.549. The highest BCUT2D eigenvalue weighted by molar-refractivity contribution is 5.67. The van der Waals surface area contributed by atoms with Gasteiger partial charge in [0.1, 0.15) is 0 Å². The summed E-state index contributed by atoms with van der Waals surface area (Å²) in [6.45, 7) is 0. The molecule has 0 N–H and O–H groups in total. The van der Waals surface area contributed by atoms with Crippen molar-refractivity contribution in [3.05, 3.63) is 48.1 Å². The van der Waals surface area contributed by atoms with E-state index in [2.05, 4.69) is 17.0 Å². The molecule has 0 heterocycles. The molecular formula is C13H14NO. The summed E-state index contributed by atoms with van der Waals surface area (Å²) in [5.74, 6) is 0. The van der Waals surface area contributed by atoms with Gasteiger partial charge in [-0.25, -0.2) is 0 Å². The standard InChI is InChI=1S/C13H14NO/c1-14(2)13-9-7-12(8-10-13)6-4-3-5-11-15/h3-10H,1-2H3/b5-3+,6-4+. The molecule has 0 saturated carbocycles. The summed E-state index contributed by atoms with van der Waals surface area (Å²) < 4.78 is 0. The third-order valence-electron chi connectivity index (χ3n) is 1.97. The van der Waals surface area contributed by atoms with Gasteiger partial charge in [-0.05, 0) is 23.8 Å². The van der Waals surface area contributed by atoms with Crippen molar-refractivity contribution in [1.82, 2.24) is 0 Å². The summed E-state index contributed by atoms with van der Waals surface area (Å²) in [4.78, 5) is 11.9. The minimum Gasteiger partial charge on any atom is -0.378 e.